The van der Waals surface area contributed by atoms with Crippen LogP contribution >= 0.6 is 0 Å². The van der Waals surface area contributed by atoms with Crippen molar-refractivity contribution in [2.24, 2.45) is 0 Å². The van der Waals surface area contributed by atoms with Crippen LogP contribution in [0.1, 0.15) is 0 Å². The van der Waals surface area contributed by atoms with Crippen molar-refractivity contribution in [1.29, 1.82) is 0 Å². The normalized spacial score (nSPS) is 14.2. The van der Waals surface area contributed by atoms with Gasteiger partial charge in [0.15, 0.2) is 0 Å². The molecule has 0 bridgehead atoms. The third kappa shape index (κ3) is 4.08. The zero-order chi connectivity index (χ0) is 16.6. The Balaban J connectivity index is 5.44. The van der Waals surface area contributed by atoms with E-state index in [9.17, 15) is 52.7 Å². The summed E-state index contributed by atoms with van der Waals surface area (Å²) in [6.07, 6.45) is -23.9. The van der Waals surface area contributed by atoms with Crippen LogP contribution in [0.25, 0.3) is 0 Å². The molecule has 0 aliphatic heterocycles. The van der Waals surface area contributed by atoms with Crippen LogP contribution in [0.2, 0.25) is 0 Å². The summed E-state index contributed by atoms with van der Waals surface area (Å²) in [5.74, 6) is -7.12. The highest BCUT2D eigenvalue weighted by Gasteiger charge is 2.78. The predicted octanol–water partition coefficient (Wildman–Crippen LogP) is 4.40. The van der Waals surface area contributed by atoms with Crippen LogP contribution < -0.4 is 0 Å². The summed E-state index contributed by atoms with van der Waals surface area (Å²) >= 11 is 0. The van der Waals surface area contributed by atoms with E-state index in [2.05, 4.69) is 0 Å². The van der Waals surface area contributed by atoms with Crippen LogP contribution in [0.5, 0.6) is 0 Å². The van der Waals surface area contributed by atoms with Gasteiger partial charge in [0.2, 0.25) is 0 Å². The molecular weight excluding hydrogens is 332 g/mol. The van der Waals surface area contributed by atoms with Crippen molar-refractivity contribution in [1.82, 2.24) is 0 Å². The van der Waals surface area contributed by atoms with Gasteiger partial charge in [0.1, 0.15) is 0 Å². The van der Waals surface area contributed by atoms with E-state index < -0.39 is 36.6 Å². The maximum atomic E-state index is 12.4. The molecule has 0 saturated heterocycles. The number of hydrogen-bond donors (Lipinski definition) is 0. The van der Waals surface area contributed by atoms with Gasteiger partial charge in [-0.25, -0.2) is 4.74 Å². The second-order valence-electron chi connectivity index (χ2n) is 2.79. The van der Waals surface area contributed by atoms with Crippen molar-refractivity contribution in [3.63, 3.8) is 0 Å². The molecule has 2 nitrogen and oxygen atoms in total. The standard InChI is InChI=1S/C6F12O2/c7-1(8)2(9)19-4(12,13)3(10,11)5(14,15)20-6(16,17)18. The molecule has 0 rings (SSSR count). The van der Waals surface area contributed by atoms with Gasteiger partial charge in [-0.3, -0.25) is 0 Å². The summed E-state index contributed by atoms with van der Waals surface area (Å²) in [6.45, 7) is 0. The Morgan fingerprint density at radius 3 is 1.35 bits per heavy atom. The maximum absolute atomic E-state index is 12.4. The lowest BCUT2D eigenvalue weighted by atomic mass is 10.3. The third-order valence-corrected chi connectivity index (χ3v) is 1.34. The maximum Gasteiger partial charge on any atom is 0.527 e. The van der Waals surface area contributed by atoms with Gasteiger partial charge in [-0.2, -0.15) is 39.5 Å². The lowest BCUT2D eigenvalue weighted by molar-refractivity contribution is -0.505. The molecule has 120 valence electrons. The first-order chi connectivity index (χ1) is 8.53. The summed E-state index contributed by atoms with van der Waals surface area (Å²) in [6, 6.07) is -3.68. The Labute approximate surface area is 100 Å². The summed E-state index contributed by atoms with van der Waals surface area (Å²) < 4.78 is 146. The molecule has 14 heteroatoms. The Morgan fingerprint density at radius 1 is 0.650 bits per heavy atom. The number of rotatable bonds is 5. The fraction of sp³-hybridized carbons (Fsp3) is 0.667. The minimum Gasteiger partial charge on any atom is -0.397 e. The molecule has 0 spiro atoms. The first-order valence-electron chi connectivity index (χ1n) is 3.83. The molecule has 0 amide bonds. The van der Waals surface area contributed by atoms with Crippen molar-refractivity contribution < 1.29 is 62.2 Å². The highest BCUT2D eigenvalue weighted by Crippen LogP contribution is 2.49. The quantitative estimate of drug-likeness (QED) is 0.549. The zero-order valence-corrected chi connectivity index (χ0v) is 8.35. The monoisotopic (exact) mass is 332 g/mol. The van der Waals surface area contributed by atoms with Crippen molar-refractivity contribution in [2.45, 2.75) is 24.5 Å². The van der Waals surface area contributed by atoms with E-state index in [-0.39, 0.29) is 0 Å². The van der Waals surface area contributed by atoms with Crippen LogP contribution in [0, 0.1) is 0 Å². The molecule has 0 N–H and O–H groups in total. The Hall–Kier alpha value is -1.34. The highest BCUT2D eigenvalue weighted by molar-refractivity contribution is 4.91. The smallest absolute Gasteiger partial charge is 0.397 e. The van der Waals surface area contributed by atoms with Crippen molar-refractivity contribution in [3.8, 4) is 0 Å². The molecule has 0 atom stereocenters. The SMILES string of the molecule is FC(F)=C(F)OC(F)(F)C(F)(F)C(F)(F)OC(F)(F)F. The molecular formula is C6F12O2. The second kappa shape index (κ2) is 5.21. The zero-order valence-electron chi connectivity index (χ0n) is 8.35. The average Bonchev–Trinajstić information content (AvgIpc) is 2.11. The predicted molar refractivity (Wildman–Crippen MR) is 33.4 cm³/mol. The summed E-state index contributed by atoms with van der Waals surface area (Å²) in [7, 11) is 0. The van der Waals surface area contributed by atoms with Crippen LogP contribution in [0.15, 0.2) is 12.1 Å². The topological polar surface area (TPSA) is 18.5 Å². The Kier molecular flexibility index (Phi) is 4.86. The van der Waals surface area contributed by atoms with Crippen molar-refractivity contribution >= 4 is 0 Å². The first kappa shape index (κ1) is 18.7. The van der Waals surface area contributed by atoms with Gasteiger partial charge < -0.3 is 4.74 Å². The van der Waals surface area contributed by atoms with E-state index in [1.165, 1.54) is 4.74 Å². The lowest BCUT2D eigenvalue weighted by Gasteiger charge is -2.31. The van der Waals surface area contributed by atoms with Crippen LogP contribution in [-0.2, 0) is 9.47 Å². The van der Waals surface area contributed by atoms with Crippen LogP contribution in [0.4, 0.5) is 52.7 Å². The largest absolute Gasteiger partial charge is 0.527 e. The lowest BCUT2D eigenvalue weighted by Crippen LogP contribution is -2.57. The summed E-state index contributed by atoms with van der Waals surface area (Å²) in [5.41, 5.74) is 0. The number of hydrogen-bond acceptors (Lipinski definition) is 2. The average molecular weight is 332 g/mol. The van der Waals surface area contributed by atoms with E-state index in [1.807, 2.05) is 4.74 Å². The second-order valence-corrected chi connectivity index (χ2v) is 2.79. The molecule has 0 aliphatic rings. The summed E-state index contributed by atoms with van der Waals surface area (Å²) in [5, 5.41) is 0. The van der Waals surface area contributed by atoms with Crippen molar-refractivity contribution in [3.05, 3.63) is 12.1 Å². The summed E-state index contributed by atoms with van der Waals surface area (Å²) in [4.78, 5) is 0. The molecule has 0 heterocycles. The van der Waals surface area contributed by atoms with Gasteiger partial charge in [-0.05, 0) is 0 Å². The Morgan fingerprint density at radius 2 is 1.05 bits per heavy atom. The third-order valence-electron chi connectivity index (χ3n) is 1.34. The minimum absolute atomic E-state index is 1.45. The number of alkyl halides is 9. The highest BCUT2D eigenvalue weighted by atomic mass is 19.4. The van der Waals surface area contributed by atoms with Crippen molar-refractivity contribution in [2.75, 3.05) is 0 Å². The van der Waals surface area contributed by atoms with E-state index in [0.29, 0.717) is 0 Å². The molecule has 0 fully saturated rings. The molecule has 0 unspecified atom stereocenters. The molecule has 0 radical (unpaired) electrons. The van der Waals surface area contributed by atoms with Gasteiger partial charge in [-0.15, -0.1) is 13.2 Å². The fourth-order valence-electron chi connectivity index (χ4n) is 0.594. The molecule has 0 aromatic rings. The van der Waals surface area contributed by atoms with Crippen LogP contribution in [0.3, 0.4) is 0 Å². The molecule has 0 aromatic heterocycles. The minimum atomic E-state index is -7.12. The van der Waals surface area contributed by atoms with E-state index in [0.717, 1.165) is 0 Å². The van der Waals surface area contributed by atoms with E-state index >= 15 is 0 Å². The molecule has 0 aliphatic carbocycles. The number of ether oxygens (including phenoxy) is 2. The molecule has 0 saturated carbocycles. The Bertz CT molecular complexity index is 378. The van der Waals surface area contributed by atoms with Gasteiger partial charge in [0.05, 0.1) is 0 Å². The molecule has 20 heavy (non-hydrogen) atoms. The first-order valence-corrected chi connectivity index (χ1v) is 3.83. The number of halogens is 12. The van der Waals surface area contributed by atoms with Gasteiger partial charge in [0.25, 0.3) is 0 Å². The van der Waals surface area contributed by atoms with Gasteiger partial charge in [0, 0.05) is 0 Å². The van der Waals surface area contributed by atoms with Gasteiger partial charge in [-0.1, -0.05) is 0 Å². The van der Waals surface area contributed by atoms with Crippen LogP contribution in [-0.4, -0.2) is 24.5 Å². The molecule has 0 aromatic carbocycles. The van der Waals surface area contributed by atoms with E-state index in [4.69, 9.17) is 0 Å². The fourth-order valence-corrected chi connectivity index (χ4v) is 0.594. The van der Waals surface area contributed by atoms with Gasteiger partial charge >= 0.3 is 36.6 Å². The van der Waals surface area contributed by atoms with E-state index in [1.54, 1.807) is 0 Å².